The number of nitrogens with one attached hydrogen (secondary N) is 1. The number of rotatable bonds is 6. The Morgan fingerprint density at radius 2 is 1.96 bits per heavy atom. The van der Waals surface area contributed by atoms with Crippen LogP contribution in [0.5, 0.6) is 5.75 Å². The quantitative estimate of drug-likeness (QED) is 0.799. The van der Waals surface area contributed by atoms with Gasteiger partial charge in [-0.15, -0.1) is 0 Å². The molecule has 0 spiro atoms. The summed E-state index contributed by atoms with van der Waals surface area (Å²) in [7, 11) is 0. The highest BCUT2D eigenvalue weighted by atomic mass is 16.5. The van der Waals surface area contributed by atoms with Gasteiger partial charge in [-0.2, -0.15) is 0 Å². The van der Waals surface area contributed by atoms with Crippen LogP contribution in [0.2, 0.25) is 0 Å². The molecule has 140 valence electrons. The Kier molecular flexibility index (Phi) is 5.91. The molecular formula is C22H24N2O3. The molecule has 1 N–H and O–H groups in total. The highest BCUT2D eigenvalue weighted by molar-refractivity contribution is 5.81. The standard InChI is InChI=1S/C22H24N2O3/c1-16-6-5-8-19(14-16)27-13-11-23-22(26)15-21-20-9-4-3-7-18(20)10-12-24(21)17(2)25/h3-10,12,14,21H,11,13,15H2,1-2H3,(H,23,26). The van der Waals surface area contributed by atoms with E-state index in [4.69, 9.17) is 4.74 Å². The molecule has 0 fully saturated rings. The molecule has 0 bridgehead atoms. The minimum Gasteiger partial charge on any atom is -0.492 e. The third kappa shape index (κ3) is 4.76. The largest absolute Gasteiger partial charge is 0.492 e. The first-order chi connectivity index (χ1) is 13.0. The minimum atomic E-state index is -0.290. The van der Waals surface area contributed by atoms with Crippen molar-refractivity contribution >= 4 is 17.9 Å². The Bertz CT molecular complexity index is 860. The number of carbonyl (C=O) groups is 2. The molecule has 2 aromatic carbocycles. The average Bonchev–Trinajstić information content (AvgIpc) is 2.65. The minimum absolute atomic E-state index is 0.0821. The van der Waals surface area contributed by atoms with Crippen LogP contribution in [0, 0.1) is 6.92 Å². The first kappa shape index (κ1) is 18.7. The highest BCUT2D eigenvalue weighted by Crippen LogP contribution is 2.32. The predicted octanol–water partition coefficient (Wildman–Crippen LogP) is 3.45. The molecule has 1 heterocycles. The Balaban J connectivity index is 1.56. The van der Waals surface area contributed by atoms with Crippen LogP contribution >= 0.6 is 0 Å². The number of fused-ring (bicyclic) bond motifs is 1. The van der Waals surface area contributed by atoms with Gasteiger partial charge in [-0.3, -0.25) is 9.59 Å². The lowest BCUT2D eigenvalue weighted by molar-refractivity contribution is -0.130. The molecule has 1 aliphatic heterocycles. The van der Waals surface area contributed by atoms with Gasteiger partial charge in [-0.05, 0) is 41.8 Å². The molecule has 27 heavy (non-hydrogen) atoms. The summed E-state index contributed by atoms with van der Waals surface area (Å²) >= 11 is 0. The second-order valence-corrected chi connectivity index (χ2v) is 6.61. The molecule has 1 atom stereocenters. The first-order valence-corrected chi connectivity index (χ1v) is 9.07. The SMILES string of the molecule is CC(=O)N1C=Cc2ccccc2C1CC(=O)NCCOc1cccc(C)c1. The number of hydrogen-bond donors (Lipinski definition) is 1. The lowest BCUT2D eigenvalue weighted by Gasteiger charge is -2.32. The van der Waals surface area contributed by atoms with E-state index in [0.717, 1.165) is 22.4 Å². The van der Waals surface area contributed by atoms with E-state index in [-0.39, 0.29) is 24.3 Å². The van der Waals surface area contributed by atoms with Gasteiger partial charge in [0.15, 0.2) is 0 Å². The van der Waals surface area contributed by atoms with Crippen molar-refractivity contribution in [2.45, 2.75) is 26.3 Å². The number of amides is 2. The third-order valence-electron chi connectivity index (χ3n) is 4.53. The fourth-order valence-electron chi connectivity index (χ4n) is 3.23. The van der Waals surface area contributed by atoms with Gasteiger partial charge in [0, 0.05) is 13.1 Å². The van der Waals surface area contributed by atoms with Crippen molar-refractivity contribution in [1.82, 2.24) is 10.2 Å². The average molecular weight is 364 g/mol. The van der Waals surface area contributed by atoms with E-state index in [0.29, 0.717) is 13.2 Å². The molecule has 2 amide bonds. The van der Waals surface area contributed by atoms with Crippen molar-refractivity contribution in [3.05, 3.63) is 71.4 Å². The summed E-state index contributed by atoms with van der Waals surface area (Å²) in [5.41, 5.74) is 3.15. The van der Waals surface area contributed by atoms with Crippen molar-refractivity contribution < 1.29 is 14.3 Å². The van der Waals surface area contributed by atoms with Gasteiger partial charge in [-0.25, -0.2) is 0 Å². The lowest BCUT2D eigenvalue weighted by atomic mass is 9.93. The first-order valence-electron chi connectivity index (χ1n) is 9.07. The molecule has 3 rings (SSSR count). The van der Waals surface area contributed by atoms with Crippen LogP contribution < -0.4 is 10.1 Å². The molecule has 0 radical (unpaired) electrons. The predicted molar refractivity (Wildman–Crippen MR) is 105 cm³/mol. The maximum atomic E-state index is 12.4. The topological polar surface area (TPSA) is 58.6 Å². The number of nitrogens with zero attached hydrogens (tertiary/aromatic N) is 1. The Hall–Kier alpha value is -3.08. The molecule has 0 aromatic heterocycles. The molecule has 5 nitrogen and oxygen atoms in total. The Morgan fingerprint density at radius 1 is 1.15 bits per heavy atom. The van der Waals surface area contributed by atoms with E-state index in [2.05, 4.69) is 5.32 Å². The van der Waals surface area contributed by atoms with Crippen molar-refractivity contribution in [2.75, 3.05) is 13.2 Å². The summed E-state index contributed by atoms with van der Waals surface area (Å²) in [4.78, 5) is 26.0. The van der Waals surface area contributed by atoms with Gasteiger partial charge in [0.2, 0.25) is 11.8 Å². The van der Waals surface area contributed by atoms with Gasteiger partial charge in [0.25, 0.3) is 0 Å². The number of ether oxygens (including phenoxy) is 1. The van der Waals surface area contributed by atoms with Crippen molar-refractivity contribution in [3.8, 4) is 5.75 Å². The maximum Gasteiger partial charge on any atom is 0.223 e. The van der Waals surface area contributed by atoms with Crippen LogP contribution in [0.25, 0.3) is 6.08 Å². The summed E-state index contributed by atoms with van der Waals surface area (Å²) in [6.45, 7) is 4.33. The molecular weight excluding hydrogens is 340 g/mol. The van der Waals surface area contributed by atoms with Gasteiger partial charge in [-0.1, -0.05) is 36.4 Å². The zero-order chi connectivity index (χ0) is 19.2. The van der Waals surface area contributed by atoms with Crippen LogP contribution in [0.4, 0.5) is 0 Å². The number of carbonyl (C=O) groups excluding carboxylic acids is 2. The summed E-state index contributed by atoms with van der Waals surface area (Å²) in [6, 6.07) is 15.3. The fraction of sp³-hybridized carbons (Fsp3) is 0.273. The summed E-state index contributed by atoms with van der Waals surface area (Å²) in [5.74, 6) is 0.601. The van der Waals surface area contributed by atoms with Crippen LogP contribution in [0.3, 0.4) is 0 Å². The van der Waals surface area contributed by atoms with Gasteiger partial charge in [0.1, 0.15) is 12.4 Å². The molecule has 0 aliphatic carbocycles. The van der Waals surface area contributed by atoms with E-state index in [1.807, 2.05) is 61.5 Å². The molecule has 2 aromatic rings. The summed E-state index contributed by atoms with van der Waals surface area (Å²) in [6.07, 6.45) is 3.87. The maximum absolute atomic E-state index is 12.4. The third-order valence-corrected chi connectivity index (χ3v) is 4.53. The number of benzene rings is 2. The van der Waals surface area contributed by atoms with E-state index in [1.54, 1.807) is 11.1 Å². The Morgan fingerprint density at radius 3 is 2.74 bits per heavy atom. The van der Waals surface area contributed by atoms with Crippen LogP contribution in [0.1, 0.15) is 36.1 Å². The Labute approximate surface area is 159 Å². The highest BCUT2D eigenvalue weighted by Gasteiger charge is 2.27. The summed E-state index contributed by atoms with van der Waals surface area (Å²) < 4.78 is 5.65. The zero-order valence-electron chi connectivity index (χ0n) is 15.6. The van der Waals surface area contributed by atoms with E-state index >= 15 is 0 Å². The summed E-state index contributed by atoms with van der Waals surface area (Å²) in [5, 5.41) is 2.88. The van der Waals surface area contributed by atoms with E-state index in [9.17, 15) is 9.59 Å². The van der Waals surface area contributed by atoms with Gasteiger partial charge < -0.3 is 15.0 Å². The number of hydrogen-bond acceptors (Lipinski definition) is 3. The monoisotopic (exact) mass is 364 g/mol. The zero-order valence-corrected chi connectivity index (χ0v) is 15.6. The van der Waals surface area contributed by atoms with Crippen LogP contribution in [0.15, 0.2) is 54.7 Å². The van der Waals surface area contributed by atoms with Gasteiger partial charge >= 0.3 is 0 Å². The van der Waals surface area contributed by atoms with E-state index in [1.165, 1.54) is 6.92 Å². The van der Waals surface area contributed by atoms with Crippen LogP contribution in [-0.4, -0.2) is 29.9 Å². The van der Waals surface area contributed by atoms with Crippen molar-refractivity contribution in [3.63, 3.8) is 0 Å². The fourth-order valence-corrected chi connectivity index (χ4v) is 3.23. The normalized spacial score (nSPS) is 15.2. The van der Waals surface area contributed by atoms with Crippen molar-refractivity contribution in [1.29, 1.82) is 0 Å². The molecule has 0 saturated heterocycles. The molecule has 5 heteroatoms. The molecule has 0 saturated carbocycles. The second kappa shape index (κ2) is 8.54. The second-order valence-electron chi connectivity index (χ2n) is 6.61. The van der Waals surface area contributed by atoms with E-state index < -0.39 is 0 Å². The van der Waals surface area contributed by atoms with Crippen molar-refractivity contribution in [2.24, 2.45) is 0 Å². The molecule has 1 aliphatic rings. The number of aryl methyl sites for hydroxylation is 1. The van der Waals surface area contributed by atoms with Crippen LogP contribution in [-0.2, 0) is 9.59 Å². The lowest BCUT2D eigenvalue weighted by Crippen LogP contribution is -2.36. The smallest absolute Gasteiger partial charge is 0.223 e. The van der Waals surface area contributed by atoms with Gasteiger partial charge in [0.05, 0.1) is 19.0 Å². The molecule has 1 unspecified atom stereocenters.